The van der Waals surface area contributed by atoms with E-state index in [1.54, 1.807) is 33.0 Å². The number of rotatable bonds is 8. The highest BCUT2D eigenvalue weighted by molar-refractivity contribution is 5.92. The Kier molecular flexibility index (Phi) is 7.69. The Labute approximate surface area is 226 Å². The minimum atomic E-state index is -0.867. The molecule has 0 bridgehead atoms. The highest BCUT2D eigenvalue weighted by Gasteiger charge is 2.52. The van der Waals surface area contributed by atoms with E-state index in [0.717, 1.165) is 5.56 Å². The number of nitrogens with zero attached hydrogens (tertiary/aromatic N) is 4. The van der Waals surface area contributed by atoms with Gasteiger partial charge in [-0.1, -0.05) is 78.9 Å². The lowest BCUT2D eigenvalue weighted by Gasteiger charge is -2.46. The highest BCUT2D eigenvalue weighted by atomic mass is 19.1. The van der Waals surface area contributed by atoms with Crippen molar-refractivity contribution in [2.75, 3.05) is 19.6 Å². The molecule has 2 aliphatic heterocycles. The van der Waals surface area contributed by atoms with Crippen LogP contribution in [0.2, 0.25) is 0 Å². The molecule has 39 heavy (non-hydrogen) atoms. The van der Waals surface area contributed by atoms with Gasteiger partial charge in [-0.3, -0.25) is 14.6 Å². The number of nitrogens with one attached hydrogen (secondary N) is 1. The Morgan fingerprint density at radius 3 is 2.38 bits per heavy atom. The summed E-state index contributed by atoms with van der Waals surface area (Å²) < 4.78 is 13.9. The van der Waals surface area contributed by atoms with Crippen LogP contribution >= 0.6 is 0 Å². The molecular weight excluding hydrogens is 497 g/mol. The maximum atomic E-state index is 13.9. The van der Waals surface area contributed by atoms with Crippen molar-refractivity contribution in [2.24, 2.45) is 0 Å². The van der Waals surface area contributed by atoms with Gasteiger partial charge >= 0.3 is 6.03 Å². The highest BCUT2D eigenvalue weighted by Crippen LogP contribution is 2.36. The molecule has 9 heteroatoms. The average molecular weight is 528 g/mol. The largest absolute Gasteiger partial charge is 0.333 e. The van der Waals surface area contributed by atoms with Crippen molar-refractivity contribution in [3.63, 3.8) is 0 Å². The minimum Gasteiger partial charge on any atom is -0.333 e. The number of urea groups is 1. The van der Waals surface area contributed by atoms with Crippen LogP contribution in [-0.2, 0) is 22.7 Å². The molecule has 0 saturated carbocycles. The zero-order valence-corrected chi connectivity index (χ0v) is 21.4. The molecule has 2 heterocycles. The first kappa shape index (κ1) is 26.1. The van der Waals surface area contributed by atoms with E-state index in [-0.39, 0.29) is 49.8 Å². The van der Waals surface area contributed by atoms with Gasteiger partial charge in [0.05, 0.1) is 19.6 Å². The molecule has 0 unspecified atom stereocenters. The normalized spacial score (nSPS) is 19.1. The number of hydrogen-bond donors (Lipinski definition) is 1. The fraction of sp³-hybridized carbons (Fsp3) is 0.233. The second kappa shape index (κ2) is 11.5. The van der Waals surface area contributed by atoms with E-state index in [1.165, 1.54) is 17.1 Å². The number of fused-ring (bicyclic) bond motifs is 1. The second-order valence-corrected chi connectivity index (χ2v) is 9.56. The number of hydrogen-bond acceptors (Lipinski definition) is 4. The third-order valence-corrected chi connectivity index (χ3v) is 6.97. The molecule has 1 N–H and O–H groups in total. The molecule has 0 radical (unpaired) electrons. The van der Waals surface area contributed by atoms with Crippen LogP contribution in [-0.4, -0.2) is 63.5 Å². The predicted molar refractivity (Wildman–Crippen MR) is 144 cm³/mol. The first-order valence-electron chi connectivity index (χ1n) is 12.8. The van der Waals surface area contributed by atoms with Gasteiger partial charge in [0, 0.05) is 13.1 Å². The number of amides is 4. The lowest BCUT2D eigenvalue weighted by atomic mass is 10.00. The Hall–Kier alpha value is -4.50. The van der Waals surface area contributed by atoms with Crippen molar-refractivity contribution >= 4 is 17.8 Å². The molecule has 0 aromatic heterocycles. The summed E-state index contributed by atoms with van der Waals surface area (Å²) in [6.07, 6.45) is 0.999. The van der Waals surface area contributed by atoms with E-state index < -0.39 is 12.2 Å². The summed E-state index contributed by atoms with van der Waals surface area (Å²) in [7, 11) is 0. The van der Waals surface area contributed by atoms with Crippen LogP contribution in [0.15, 0.2) is 97.6 Å². The molecule has 2 aliphatic rings. The van der Waals surface area contributed by atoms with Crippen molar-refractivity contribution in [1.29, 1.82) is 0 Å². The van der Waals surface area contributed by atoms with Gasteiger partial charge in [0.2, 0.25) is 5.91 Å². The van der Waals surface area contributed by atoms with E-state index in [4.69, 9.17) is 0 Å². The molecule has 2 fully saturated rings. The summed E-state index contributed by atoms with van der Waals surface area (Å²) >= 11 is 0. The molecule has 0 spiro atoms. The van der Waals surface area contributed by atoms with E-state index in [0.29, 0.717) is 17.7 Å². The minimum absolute atomic E-state index is 0.0678. The topological polar surface area (TPSA) is 76.2 Å². The zero-order valence-electron chi connectivity index (χ0n) is 21.4. The van der Waals surface area contributed by atoms with Gasteiger partial charge < -0.3 is 15.1 Å². The summed E-state index contributed by atoms with van der Waals surface area (Å²) in [6, 6.07) is 23.5. The van der Waals surface area contributed by atoms with Crippen LogP contribution in [0.4, 0.5) is 9.18 Å². The van der Waals surface area contributed by atoms with Crippen LogP contribution in [0.1, 0.15) is 22.7 Å². The zero-order chi connectivity index (χ0) is 27.4. The van der Waals surface area contributed by atoms with E-state index in [9.17, 15) is 18.8 Å². The number of carbonyl (C=O) groups is 3. The second-order valence-electron chi connectivity index (χ2n) is 9.56. The fourth-order valence-electron chi connectivity index (χ4n) is 5.19. The van der Waals surface area contributed by atoms with Crippen molar-refractivity contribution in [3.05, 3.63) is 120 Å². The predicted octanol–water partition coefficient (Wildman–Crippen LogP) is 3.69. The molecule has 4 amide bonds. The smallest absolute Gasteiger partial charge is 0.332 e. The summed E-state index contributed by atoms with van der Waals surface area (Å²) in [5, 5.41) is 6.09. The Balaban J connectivity index is 1.45. The molecule has 2 atom stereocenters. The Bertz CT molecular complexity index is 1350. The van der Waals surface area contributed by atoms with Gasteiger partial charge in [-0.15, -0.1) is 6.58 Å². The lowest BCUT2D eigenvalue weighted by Crippen LogP contribution is -2.62. The van der Waals surface area contributed by atoms with E-state index >= 15 is 0 Å². The van der Waals surface area contributed by atoms with Gasteiger partial charge in [0.25, 0.3) is 5.91 Å². The van der Waals surface area contributed by atoms with Crippen molar-refractivity contribution in [1.82, 2.24) is 25.1 Å². The van der Waals surface area contributed by atoms with Gasteiger partial charge in [-0.25, -0.2) is 9.18 Å². The first-order chi connectivity index (χ1) is 19.0. The van der Waals surface area contributed by atoms with Gasteiger partial charge in [0.1, 0.15) is 18.0 Å². The number of benzene rings is 3. The summed E-state index contributed by atoms with van der Waals surface area (Å²) in [6.45, 7) is 4.56. The molecule has 3 aromatic rings. The summed E-state index contributed by atoms with van der Waals surface area (Å²) in [5.41, 5.74) is 2.26. The van der Waals surface area contributed by atoms with Crippen LogP contribution in [0.5, 0.6) is 0 Å². The molecule has 3 aromatic carbocycles. The van der Waals surface area contributed by atoms with Gasteiger partial charge in [0.15, 0.2) is 0 Å². The SMILES string of the molecule is C=CCN(C(=O)NCc1ccccc1)N1CC(=O)N2[C@@H](c3ccccc3)C(=O)N(Cc3cccc(F)c3)C[C@@H]21. The number of halogens is 1. The fourth-order valence-corrected chi connectivity index (χ4v) is 5.19. The number of hydrazine groups is 1. The monoisotopic (exact) mass is 527 g/mol. The average Bonchev–Trinajstić information content (AvgIpc) is 3.27. The summed E-state index contributed by atoms with van der Waals surface area (Å²) in [4.78, 5) is 43.8. The van der Waals surface area contributed by atoms with Crippen LogP contribution in [0, 0.1) is 5.82 Å². The van der Waals surface area contributed by atoms with Crippen molar-refractivity contribution in [2.45, 2.75) is 25.3 Å². The third-order valence-electron chi connectivity index (χ3n) is 6.97. The standard InChI is InChI=1S/C30H30FN5O3/c1-2-16-34(30(39)32-18-22-10-5-3-6-11-22)35-21-27(37)36-26(35)20-33(19-23-12-9-15-25(31)17-23)29(38)28(36)24-13-7-4-8-14-24/h2-15,17,26,28H,1,16,18-21H2,(H,32,39)/t26-,28+/m1/s1. The van der Waals surface area contributed by atoms with Crippen molar-refractivity contribution < 1.29 is 18.8 Å². The molecule has 5 rings (SSSR count). The van der Waals surface area contributed by atoms with Crippen LogP contribution < -0.4 is 5.32 Å². The quantitative estimate of drug-likeness (QED) is 0.454. The maximum Gasteiger partial charge on any atom is 0.332 e. The lowest BCUT2D eigenvalue weighted by molar-refractivity contribution is -0.158. The van der Waals surface area contributed by atoms with Crippen LogP contribution in [0.25, 0.3) is 0 Å². The molecule has 200 valence electrons. The first-order valence-corrected chi connectivity index (χ1v) is 12.8. The van der Waals surface area contributed by atoms with Gasteiger partial charge in [-0.05, 0) is 28.8 Å². The summed E-state index contributed by atoms with van der Waals surface area (Å²) in [5.74, 6) is -0.888. The maximum absolute atomic E-state index is 13.9. The van der Waals surface area contributed by atoms with Gasteiger partial charge in [-0.2, -0.15) is 5.01 Å². The van der Waals surface area contributed by atoms with Crippen molar-refractivity contribution in [3.8, 4) is 0 Å². The third kappa shape index (κ3) is 5.53. The number of piperazine rings is 1. The molecular formula is C30H30FN5O3. The van der Waals surface area contributed by atoms with E-state index in [1.807, 2.05) is 60.7 Å². The number of carbonyl (C=O) groups excluding carboxylic acids is 3. The Morgan fingerprint density at radius 1 is 1.00 bits per heavy atom. The van der Waals surface area contributed by atoms with Crippen LogP contribution in [0.3, 0.4) is 0 Å². The molecule has 8 nitrogen and oxygen atoms in total. The Morgan fingerprint density at radius 2 is 1.69 bits per heavy atom. The molecule has 2 saturated heterocycles. The van der Waals surface area contributed by atoms with E-state index in [2.05, 4.69) is 11.9 Å². The molecule has 0 aliphatic carbocycles.